The van der Waals surface area contributed by atoms with Crippen LogP contribution in [-0.4, -0.2) is 27.9 Å². The molecule has 0 unspecified atom stereocenters. The Labute approximate surface area is 200 Å². The lowest BCUT2D eigenvalue weighted by atomic mass is 9.83. The average molecular weight is 481 g/mol. The second kappa shape index (κ2) is 8.98. The summed E-state index contributed by atoms with van der Waals surface area (Å²) in [6.45, 7) is 5.95. The number of hydrogen-bond donors (Lipinski definition) is 2. The number of H-pyrrole nitrogens is 1. The van der Waals surface area contributed by atoms with E-state index < -0.39 is 22.5 Å². The molecule has 0 aliphatic rings. The van der Waals surface area contributed by atoms with Crippen molar-refractivity contribution in [2.75, 3.05) is 18.1 Å². The van der Waals surface area contributed by atoms with E-state index in [2.05, 4.69) is 14.7 Å². The second-order valence-corrected chi connectivity index (χ2v) is 9.42. The molecule has 0 saturated heterocycles. The summed E-state index contributed by atoms with van der Waals surface area (Å²) >= 11 is 1.45. The highest BCUT2D eigenvalue weighted by molar-refractivity contribution is 7.99. The van der Waals surface area contributed by atoms with Crippen molar-refractivity contribution in [3.8, 4) is 22.6 Å². The number of rotatable bonds is 5. The first kappa shape index (κ1) is 23.6. The van der Waals surface area contributed by atoms with Gasteiger partial charge in [-0.2, -0.15) is 0 Å². The van der Waals surface area contributed by atoms with Crippen LogP contribution in [0.15, 0.2) is 58.3 Å². The fourth-order valence-electron chi connectivity index (χ4n) is 3.88. The smallest absolute Gasteiger partial charge is 0.333 e. The van der Waals surface area contributed by atoms with E-state index >= 15 is 4.39 Å². The van der Waals surface area contributed by atoms with Crippen molar-refractivity contribution in [3.05, 3.63) is 80.9 Å². The molecule has 0 bridgehead atoms. The van der Waals surface area contributed by atoms with Crippen LogP contribution in [0.2, 0.25) is 0 Å². The van der Waals surface area contributed by atoms with E-state index in [4.69, 9.17) is 4.74 Å². The van der Waals surface area contributed by atoms with E-state index in [9.17, 15) is 9.59 Å². The molecule has 2 N–H and O–H groups in total. The minimum Gasteiger partial charge on any atom is -0.496 e. The van der Waals surface area contributed by atoms with Crippen LogP contribution in [0.25, 0.3) is 27.7 Å². The predicted octanol–water partition coefficient (Wildman–Crippen LogP) is 4.88. The number of nitrogens with one attached hydrogen (secondary N) is 2. The Morgan fingerprint density at radius 2 is 1.88 bits per heavy atom. The number of anilines is 1. The normalized spacial score (nSPS) is 11.6. The van der Waals surface area contributed by atoms with E-state index in [1.165, 1.54) is 31.3 Å². The van der Waals surface area contributed by atoms with E-state index in [0.29, 0.717) is 11.3 Å². The Balaban J connectivity index is 2.03. The third-order valence-electron chi connectivity index (χ3n) is 5.48. The van der Waals surface area contributed by atoms with Crippen LogP contribution in [0.5, 0.6) is 5.75 Å². The second-order valence-electron chi connectivity index (χ2n) is 8.81. The van der Waals surface area contributed by atoms with Crippen molar-refractivity contribution in [2.24, 2.45) is 0 Å². The molecule has 176 valence electrons. The van der Waals surface area contributed by atoms with Gasteiger partial charge in [-0.25, -0.2) is 14.2 Å². The summed E-state index contributed by atoms with van der Waals surface area (Å²) in [5.74, 6) is 0.483. The number of halogens is 1. The summed E-state index contributed by atoms with van der Waals surface area (Å²) in [4.78, 5) is 30.8. The largest absolute Gasteiger partial charge is 0.496 e. The summed E-state index contributed by atoms with van der Waals surface area (Å²) < 4.78 is 26.1. The Hall–Kier alpha value is -3.59. The number of ether oxygens (including phenoxy) is 1. The lowest BCUT2D eigenvalue weighted by Gasteiger charge is -2.26. The van der Waals surface area contributed by atoms with Crippen LogP contribution in [0.4, 0.5) is 10.2 Å². The molecular formula is C25H25FN4O3S. The van der Waals surface area contributed by atoms with Gasteiger partial charge < -0.3 is 9.46 Å². The molecule has 0 radical (unpaired) electrons. The highest BCUT2D eigenvalue weighted by atomic mass is 32.2. The van der Waals surface area contributed by atoms with Crippen LogP contribution in [-0.2, 0) is 5.41 Å². The Morgan fingerprint density at radius 1 is 1.12 bits per heavy atom. The number of nitrogens with zero attached hydrogens (tertiary/aromatic N) is 2. The van der Waals surface area contributed by atoms with Gasteiger partial charge in [0.1, 0.15) is 11.6 Å². The van der Waals surface area contributed by atoms with E-state index in [1.54, 1.807) is 12.1 Å². The fraction of sp³-hybridized carbons (Fsp3) is 0.240. The molecule has 7 nitrogen and oxygen atoms in total. The van der Waals surface area contributed by atoms with Gasteiger partial charge in [-0.05, 0) is 41.3 Å². The highest BCUT2D eigenvalue weighted by Gasteiger charge is 2.28. The van der Waals surface area contributed by atoms with Gasteiger partial charge in [0.05, 0.1) is 23.9 Å². The first-order valence-corrected chi connectivity index (χ1v) is 11.8. The number of aromatic nitrogens is 3. The average Bonchev–Trinajstić information content (AvgIpc) is 2.78. The van der Waals surface area contributed by atoms with E-state index in [-0.39, 0.29) is 11.3 Å². The zero-order chi connectivity index (χ0) is 24.6. The number of pyridine rings is 1. The molecule has 34 heavy (non-hydrogen) atoms. The maximum absolute atomic E-state index is 16.1. The Morgan fingerprint density at radius 3 is 2.53 bits per heavy atom. The van der Waals surface area contributed by atoms with Crippen molar-refractivity contribution in [1.82, 2.24) is 14.5 Å². The molecule has 0 aliphatic carbocycles. The molecule has 4 aromatic rings. The molecule has 2 aromatic carbocycles. The lowest BCUT2D eigenvalue weighted by molar-refractivity contribution is 0.396. The minimum absolute atomic E-state index is 0.0275. The highest BCUT2D eigenvalue weighted by Crippen LogP contribution is 2.43. The molecule has 0 fully saturated rings. The molecule has 0 saturated carbocycles. The molecular weight excluding hydrogens is 455 g/mol. The van der Waals surface area contributed by atoms with Crippen LogP contribution < -0.4 is 20.7 Å². The predicted molar refractivity (Wildman–Crippen MR) is 136 cm³/mol. The van der Waals surface area contributed by atoms with Gasteiger partial charge in [0.2, 0.25) is 0 Å². The van der Waals surface area contributed by atoms with Gasteiger partial charge in [-0.3, -0.25) is 14.3 Å². The maximum atomic E-state index is 16.1. The summed E-state index contributed by atoms with van der Waals surface area (Å²) in [5, 5.41) is 0.828. The van der Waals surface area contributed by atoms with Crippen LogP contribution >= 0.6 is 11.9 Å². The SMILES string of the molecule is COc1c(C(C)(C)C)cc(-n2ccc(=O)[nH]c2=O)c(F)c1-c1ccc2nc(NSC)ccc2c1. The standard InChI is InChI=1S/C25H25FN4O3S/c1-25(2,3)16-13-18(30-11-10-20(31)28-24(30)32)22(26)21(23(16)33-4)15-6-8-17-14(12-15)7-9-19(27-17)29-34-5/h6-13H,1-5H3,(H,27,29)(H,28,31,32). The topological polar surface area (TPSA) is 89.0 Å². The summed E-state index contributed by atoms with van der Waals surface area (Å²) in [7, 11) is 1.50. The van der Waals surface area contributed by atoms with Crippen LogP contribution in [0.1, 0.15) is 26.3 Å². The quantitative estimate of drug-likeness (QED) is 0.396. The monoisotopic (exact) mass is 480 g/mol. The zero-order valence-electron chi connectivity index (χ0n) is 19.5. The van der Waals surface area contributed by atoms with Crippen molar-refractivity contribution in [3.63, 3.8) is 0 Å². The maximum Gasteiger partial charge on any atom is 0.333 e. The van der Waals surface area contributed by atoms with Crippen molar-refractivity contribution in [2.45, 2.75) is 26.2 Å². The molecule has 4 rings (SSSR count). The van der Waals surface area contributed by atoms with Gasteiger partial charge in [0.25, 0.3) is 5.56 Å². The minimum atomic E-state index is -0.723. The Bertz CT molecular complexity index is 1510. The Kier molecular flexibility index (Phi) is 6.22. The molecule has 0 atom stereocenters. The first-order valence-electron chi connectivity index (χ1n) is 10.6. The van der Waals surface area contributed by atoms with Crippen molar-refractivity contribution in [1.29, 1.82) is 0 Å². The molecule has 2 heterocycles. The zero-order valence-corrected chi connectivity index (χ0v) is 20.3. The summed E-state index contributed by atoms with van der Waals surface area (Å²) in [6, 6.07) is 12.0. The van der Waals surface area contributed by atoms with Gasteiger partial charge in [0, 0.05) is 29.5 Å². The number of hydrogen-bond acceptors (Lipinski definition) is 6. The fourth-order valence-corrected chi connectivity index (χ4v) is 4.20. The molecule has 2 aromatic heterocycles. The summed E-state index contributed by atoms with van der Waals surface area (Å²) in [5.41, 5.74) is 0.617. The lowest BCUT2D eigenvalue weighted by Crippen LogP contribution is -2.28. The van der Waals surface area contributed by atoms with Crippen LogP contribution in [0, 0.1) is 5.82 Å². The van der Waals surface area contributed by atoms with E-state index in [1.807, 2.05) is 51.3 Å². The van der Waals surface area contributed by atoms with Gasteiger partial charge in [-0.15, -0.1) is 0 Å². The first-order chi connectivity index (χ1) is 16.1. The molecule has 0 spiro atoms. The van der Waals surface area contributed by atoms with E-state index in [0.717, 1.165) is 26.9 Å². The van der Waals surface area contributed by atoms with Crippen LogP contribution in [0.3, 0.4) is 0 Å². The number of methoxy groups -OCH3 is 1. The molecule has 0 amide bonds. The summed E-state index contributed by atoms with van der Waals surface area (Å²) in [6.07, 6.45) is 3.18. The molecule has 9 heteroatoms. The van der Waals surface area contributed by atoms with Gasteiger partial charge in [0.15, 0.2) is 5.82 Å². The number of benzene rings is 2. The van der Waals surface area contributed by atoms with Crippen molar-refractivity contribution >= 4 is 28.7 Å². The number of aromatic amines is 1. The van der Waals surface area contributed by atoms with Gasteiger partial charge in [-0.1, -0.05) is 38.8 Å². The van der Waals surface area contributed by atoms with Crippen molar-refractivity contribution < 1.29 is 9.13 Å². The van der Waals surface area contributed by atoms with Gasteiger partial charge >= 0.3 is 5.69 Å². The third kappa shape index (κ3) is 4.31. The number of fused-ring (bicyclic) bond motifs is 1. The molecule has 0 aliphatic heterocycles. The third-order valence-corrected chi connectivity index (χ3v) is 5.89.